The average Bonchev–Trinajstić information content (AvgIpc) is 3.18. The highest BCUT2D eigenvalue weighted by atomic mass is 32.1. The van der Waals surface area contributed by atoms with Gasteiger partial charge in [-0.2, -0.15) is 4.99 Å². The lowest BCUT2D eigenvalue weighted by Gasteiger charge is -2.03. The van der Waals surface area contributed by atoms with Crippen LogP contribution in [0.3, 0.4) is 0 Å². The molecule has 0 fully saturated rings. The number of benzene rings is 1. The maximum Gasteiger partial charge on any atom is 0.325 e. The molecule has 0 aliphatic carbocycles. The molecule has 0 unspecified atom stereocenters. The van der Waals surface area contributed by atoms with E-state index in [-0.39, 0.29) is 6.54 Å². The molecule has 4 rings (SSSR count). The molecule has 0 aliphatic heterocycles. The van der Waals surface area contributed by atoms with Gasteiger partial charge < -0.3 is 9.30 Å². The molecule has 7 nitrogen and oxygen atoms in total. The Labute approximate surface area is 158 Å². The van der Waals surface area contributed by atoms with Crippen molar-refractivity contribution in [2.24, 2.45) is 4.99 Å². The van der Waals surface area contributed by atoms with E-state index in [0.717, 1.165) is 10.2 Å². The zero-order valence-electron chi connectivity index (χ0n) is 14.7. The third-order valence-electron chi connectivity index (χ3n) is 4.21. The fourth-order valence-corrected chi connectivity index (χ4v) is 3.99. The van der Waals surface area contributed by atoms with E-state index in [1.807, 2.05) is 42.5 Å². The van der Waals surface area contributed by atoms with Gasteiger partial charge in [0.25, 0.3) is 5.91 Å². The van der Waals surface area contributed by atoms with E-state index in [1.54, 1.807) is 22.1 Å². The lowest BCUT2D eigenvalue weighted by Crippen LogP contribution is -2.22. The predicted molar refractivity (Wildman–Crippen MR) is 102 cm³/mol. The summed E-state index contributed by atoms with van der Waals surface area (Å²) in [5, 5.41) is 0. The monoisotopic (exact) mass is 380 g/mol. The van der Waals surface area contributed by atoms with Crippen molar-refractivity contribution in [1.29, 1.82) is 0 Å². The molecule has 0 spiro atoms. The minimum Gasteiger partial charge on any atom is -0.468 e. The van der Waals surface area contributed by atoms with Crippen LogP contribution in [0.25, 0.3) is 15.9 Å². The van der Waals surface area contributed by atoms with Gasteiger partial charge in [0, 0.05) is 6.20 Å². The number of hydrogen-bond acceptors (Lipinski definition) is 5. The predicted octanol–water partition coefficient (Wildman–Crippen LogP) is 2.57. The molecule has 3 aromatic heterocycles. The first-order valence-corrected chi connectivity index (χ1v) is 9.08. The molecule has 3 heterocycles. The largest absolute Gasteiger partial charge is 0.468 e. The van der Waals surface area contributed by atoms with Crippen LogP contribution < -0.4 is 4.80 Å². The maximum atomic E-state index is 12.9. The SMILES string of the molecule is COC(=O)Cn1c(=NC(=O)c2c(C)nc3ccccn23)sc2ccccc21. The van der Waals surface area contributed by atoms with Crippen molar-refractivity contribution in [1.82, 2.24) is 14.0 Å². The third-order valence-corrected chi connectivity index (χ3v) is 5.27. The molecule has 0 N–H and O–H groups in total. The van der Waals surface area contributed by atoms with Gasteiger partial charge in [-0.3, -0.25) is 14.0 Å². The van der Waals surface area contributed by atoms with Crippen LogP contribution in [0, 0.1) is 6.92 Å². The van der Waals surface area contributed by atoms with E-state index in [1.165, 1.54) is 18.4 Å². The normalized spacial score (nSPS) is 12.0. The molecule has 0 saturated heterocycles. The molecule has 0 aliphatic rings. The summed E-state index contributed by atoms with van der Waals surface area (Å²) in [4.78, 5) is 33.9. The van der Waals surface area contributed by atoms with Crippen molar-refractivity contribution < 1.29 is 14.3 Å². The quantitative estimate of drug-likeness (QED) is 0.512. The van der Waals surface area contributed by atoms with E-state index in [9.17, 15) is 9.59 Å². The van der Waals surface area contributed by atoms with Crippen LogP contribution >= 0.6 is 11.3 Å². The Morgan fingerprint density at radius 2 is 1.96 bits per heavy atom. The minimum atomic E-state index is -0.406. The van der Waals surface area contributed by atoms with Crippen molar-refractivity contribution in [3.63, 3.8) is 0 Å². The van der Waals surface area contributed by atoms with E-state index < -0.39 is 11.9 Å². The minimum absolute atomic E-state index is 0.0151. The molecule has 1 amide bonds. The number of pyridine rings is 1. The molecular formula is C19H16N4O3S. The van der Waals surface area contributed by atoms with Crippen LogP contribution in [0.2, 0.25) is 0 Å². The van der Waals surface area contributed by atoms with Gasteiger partial charge in [0.2, 0.25) is 0 Å². The van der Waals surface area contributed by atoms with Crippen molar-refractivity contribution >= 4 is 39.1 Å². The number of amides is 1. The lowest BCUT2D eigenvalue weighted by atomic mass is 10.3. The van der Waals surface area contributed by atoms with Crippen LogP contribution in [-0.4, -0.2) is 32.9 Å². The van der Waals surface area contributed by atoms with E-state index >= 15 is 0 Å². The first kappa shape index (κ1) is 17.2. The maximum absolute atomic E-state index is 12.9. The second kappa shape index (κ2) is 6.81. The number of nitrogens with zero attached hydrogens (tertiary/aromatic N) is 4. The molecule has 0 saturated carbocycles. The van der Waals surface area contributed by atoms with E-state index in [2.05, 4.69) is 9.98 Å². The molecular weight excluding hydrogens is 364 g/mol. The lowest BCUT2D eigenvalue weighted by molar-refractivity contribution is -0.141. The van der Waals surface area contributed by atoms with Gasteiger partial charge in [0.1, 0.15) is 17.9 Å². The average molecular weight is 380 g/mol. The summed E-state index contributed by atoms with van der Waals surface area (Å²) >= 11 is 1.35. The van der Waals surface area contributed by atoms with Gasteiger partial charge in [0.05, 0.1) is 23.0 Å². The Kier molecular flexibility index (Phi) is 4.33. The molecule has 136 valence electrons. The summed E-state index contributed by atoms with van der Waals surface area (Å²) < 4.78 is 9.14. The van der Waals surface area contributed by atoms with E-state index in [0.29, 0.717) is 21.8 Å². The zero-order valence-corrected chi connectivity index (χ0v) is 15.6. The summed E-state index contributed by atoms with van der Waals surface area (Å²) in [7, 11) is 1.33. The molecule has 4 aromatic rings. The van der Waals surface area contributed by atoms with Gasteiger partial charge >= 0.3 is 5.97 Å². The summed E-state index contributed by atoms with van der Waals surface area (Å²) in [6, 6.07) is 13.1. The first-order chi connectivity index (χ1) is 13.1. The van der Waals surface area contributed by atoms with Gasteiger partial charge in [-0.05, 0) is 31.2 Å². The number of fused-ring (bicyclic) bond motifs is 2. The van der Waals surface area contributed by atoms with Crippen molar-refractivity contribution in [3.05, 3.63) is 64.9 Å². The summed E-state index contributed by atoms with van der Waals surface area (Å²) in [5.74, 6) is -0.810. The number of aromatic nitrogens is 3. The third kappa shape index (κ3) is 3.04. The van der Waals surface area contributed by atoms with E-state index in [4.69, 9.17) is 4.74 Å². The number of imidazole rings is 1. The fraction of sp³-hybridized carbons (Fsp3) is 0.158. The number of para-hydroxylation sites is 1. The topological polar surface area (TPSA) is 78.0 Å². The summed E-state index contributed by atoms with van der Waals surface area (Å²) in [6.07, 6.45) is 1.78. The highest BCUT2D eigenvalue weighted by Crippen LogP contribution is 2.18. The van der Waals surface area contributed by atoms with Crippen LogP contribution in [0.5, 0.6) is 0 Å². The van der Waals surface area contributed by atoms with Crippen LogP contribution in [0.1, 0.15) is 16.2 Å². The highest BCUT2D eigenvalue weighted by Gasteiger charge is 2.17. The number of esters is 1. The van der Waals surface area contributed by atoms with Crippen molar-refractivity contribution in [2.45, 2.75) is 13.5 Å². The Morgan fingerprint density at radius 3 is 2.78 bits per heavy atom. The molecule has 0 atom stereocenters. The van der Waals surface area contributed by atoms with Crippen molar-refractivity contribution in [2.75, 3.05) is 7.11 Å². The molecule has 8 heteroatoms. The number of hydrogen-bond donors (Lipinski definition) is 0. The molecule has 27 heavy (non-hydrogen) atoms. The number of methoxy groups -OCH3 is 1. The van der Waals surface area contributed by atoms with Gasteiger partial charge in [0.15, 0.2) is 4.80 Å². The smallest absolute Gasteiger partial charge is 0.325 e. The number of thiazole rings is 1. The number of aryl methyl sites for hydroxylation is 1. The number of rotatable bonds is 3. The Balaban J connectivity index is 1.89. The van der Waals surface area contributed by atoms with Crippen molar-refractivity contribution in [3.8, 4) is 0 Å². The second-order valence-corrected chi connectivity index (χ2v) is 6.92. The Bertz CT molecular complexity index is 1250. The van der Waals surface area contributed by atoms with Gasteiger partial charge in [-0.25, -0.2) is 4.98 Å². The second-order valence-electron chi connectivity index (χ2n) is 5.91. The number of ether oxygens (including phenoxy) is 1. The van der Waals surface area contributed by atoms with Gasteiger partial charge in [-0.1, -0.05) is 29.5 Å². The molecule has 0 radical (unpaired) electrons. The highest BCUT2D eigenvalue weighted by molar-refractivity contribution is 7.16. The summed E-state index contributed by atoms with van der Waals surface area (Å²) in [5.41, 5.74) is 2.53. The van der Waals surface area contributed by atoms with Crippen LogP contribution in [0.4, 0.5) is 0 Å². The zero-order chi connectivity index (χ0) is 19.0. The molecule has 0 bridgehead atoms. The first-order valence-electron chi connectivity index (χ1n) is 8.26. The number of carbonyl (C=O) groups is 2. The summed E-state index contributed by atoms with van der Waals surface area (Å²) in [6.45, 7) is 1.77. The van der Waals surface area contributed by atoms with Gasteiger partial charge in [-0.15, -0.1) is 0 Å². The molecule has 1 aromatic carbocycles. The Hall–Kier alpha value is -3.26. The fourth-order valence-electron chi connectivity index (χ4n) is 2.96. The van der Waals surface area contributed by atoms with Crippen LogP contribution in [-0.2, 0) is 16.1 Å². The standard InChI is InChI=1S/C19H16N4O3S/c1-12-17(22-10-6-5-9-15(22)20-12)18(25)21-19-23(11-16(24)26-2)13-7-3-4-8-14(13)27-19/h3-10H,11H2,1-2H3. The number of carbonyl (C=O) groups excluding carboxylic acids is 2. The Morgan fingerprint density at radius 1 is 1.19 bits per heavy atom. The van der Waals surface area contributed by atoms with Crippen LogP contribution in [0.15, 0.2) is 53.7 Å².